The summed E-state index contributed by atoms with van der Waals surface area (Å²) in [6.07, 6.45) is 0.895. The second-order valence-electron chi connectivity index (χ2n) is 4.96. The number of rotatable bonds is 2. The minimum absolute atomic E-state index is 0.0256. The molecule has 5 nitrogen and oxygen atoms in total. The van der Waals surface area contributed by atoms with Crippen LogP contribution in [-0.4, -0.2) is 40.1 Å². The van der Waals surface area contributed by atoms with E-state index >= 15 is 0 Å². The molecule has 0 saturated carbocycles. The zero-order valence-corrected chi connectivity index (χ0v) is 11.1. The van der Waals surface area contributed by atoms with Gasteiger partial charge in [-0.15, -0.1) is 0 Å². The van der Waals surface area contributed by atoms with Gasteiger partial charge in [-0.2, -0.15) is 5.26 Å². The quantitative estimate of drug-likeness (QED) is 0.863. The Morgan fingerprint density at radius 1 is 1.63 bits per heavy atom. The van der Waals surface area contributed by atoms with Crippen molar-refractivity contribution in [1.29, 1.82) is 5.26 Å². The van der Waals surface area contributed by atoms with Gasteiger partial charge in [-0.3, -0.25) is 4.79 Å². The van der Waals surface area contributed by atoms with Crippen molar-refractivity contribution in [2.45, 2.75) is 26.3 Å². The van der Waals surface area contributed by atoms with Crippen LogP contribution in [0.15, 0.2) is 12.1 Å². The normalized spacial score (nSPS) is 22.3. The van der Waals surface area contributed by atoms with Gasteiger partial charge in [0.15, 0.2) is 0 Å². The van der Waals surface area contributed by atoms with Crippen LogP contribution in [0, 0.1) is 24.2 Å². The van der Waals surface area contributed by atoms with E-state index in [1.54, 1.807) is 24.0 Å². The van der Waals surface area contributed by atoms with Crippen molar-refractivity contribution in [3.05, 3.63) is 29.1 Å². The van der Waals surface area contributed by atoms with E-state index < -0.39 is 0 Å². The van der Waals surface area contributed by atoms with Crippen molar-refractivity contribution in [2.75, 3.05) is 13.2 Å². The molecule has 100 valence electrons. The van der Waals surface area contributed by atoms with Gasteiger partial charge in [0.2, 0.25) is 0 Å². The number of carbonyl (C=O) groups is 1. The van der Waals surface area contributed by atoms with Gasteiger partial charge in [0.05, 0.1) is 23.9 Å². The number of aryl methyl sites for hydroxylation is 1. The number of nitriles is 1. The molecule has 2 heterocycles. The van der Waals surface area contributed by atoms with E-state index in [9.17, 15) is 9.90 Å². The number of likely N-dealkylation sites (tertiary alicyclic amines) is 1. The number of hydrogen-bond donors (Lipinski definition) is 1. The molecule has 1 aliphatic heterocycles. The van der Waals surface area contributed by atoms with Gasteiger partial charge in [0.1, 0.15) is 11.8 Å². The molecule has 1 aromatic heterocycles. The van der Waals surface area contributed by atoms with Crippen molar-refractivity contribution in [1.82, 2.24) is 9.88 Å². The molecule has 0 spiro atoms. The summed E-state index contributed by atoms with van der Waals surface area (Å²) in [5.74, 6) is 0.129. The summed E-state index contributed by atoms with van der Waals surface area (Å²) in [6, 6.07) is 5.09. The topological polar surface area (TPSA) is 77.2 Å². The highest BCUT2D eigenvalue weighted by molar-refractivity contribution is 5.93. The second-order valence-corrected chi connectivity index (χ2v) is 4.96. The van der Waals surface area contributed by atoms with E-state index in [-0.39, 0.29) is 18.6 Å². The number of nitrogens with zero attached hydrogens (tertiary/aromatic N) is 3. The lowest BCUT2D eigenvalue weighted by Crippen LogP contribution is -2.40. The largest absolute Gasteiger partial charge is 0.394 e. The first-order valence-corrected chi connectivity index (χ1v) is 6.38. The third-order valence-electron chi connectivity index (χ3n) is 3.76. The van der Waals surface area contributed by atoms with E-state index in [4.69, 9.17) is 5.26 Å². The highest BCUT2D eigenvalue weighted by Crippen LogP contribution is 2.25. The number of amides is 1. The molecule has 1 fully saturated rings. The number of aliphatic hydroxyl groups excluding tert-OH is 1. The highest BCUT2D eigenvalue weighted by atomic mass is 16.3. The second kappa shape index (κ2) is 5.37. The predicted octanol–water partition coefficient (Wildman–Crippen LogP) is 1.10. The summed E-state index contributed by atoms with van der Waals surface area (Å²) in [4.78, 5) is 18.2. The monoisotopic (exact) mass is 259 g/mol. The van der Waals surface area contributed by atoms with Gasteiger partial charge >= 0.3 is 0 Å². The van der Waals surface area contributed by atoms with Gasteiger partial charge < -0.3 is 10.0 Å². The van der Waals surface area contributed by atoms with Gasteiger partial charge in [-0.25, -0.2) is 4.98 Å². The van der Waals surface area contributed by atoms with Crippen molar-refractivity contribution in [2.24, 2.45) is 5.92 Å². The molecule has 2 rings (SSSR count). The number of hydrogen-bond acceptors (Lipinski definition) is 4. The van der Waals surface area contributed by atoms with E-state index in [1.165, 1.54) is 0 Å². The van der Waals surface area contributed by atoms with Crippen LogP contribution in [0.25, 0.3) is 0 Å². The van der Waals surface area contributed by atoms with Gasteiger partial charge in [0, 0.05) is 6.54 Å². The Balaban J connectivity index is 2.25. The standard InChI is InChI=1S/C14H17N3O2/c1-9-5-6-17(13(9)8-18)14(19)12-4-3-11(7-15)10(2)16-12/h3-4,9,13,18H,5-6,8H2,1-2H3. The Morgan fingerprint density at radius 2 is 2.37 bits per heavy atom. The average Bonchev–Trinajstić information content (AvgIpc) is 2.78. The van der Waals surface area contributed by atoms with Crippen LogP contribution in [-0.2, 0) is 0 Å². The summed E-state index contributed by atoms with van der Waals surface area (Å²) in [5, 5.41) is 18.2. The molecule has 0 aromatic carbocycles. The molecule has 0 bridgehead atoms. The molecule has 1 aliphatic rings. The Hall–Kier alpha value is -1.93. The Labute approximate surface area is 112 Å². The fourth-order valence-corrected chi connectivity index (χ4v) is 2.48. The number of aliphatic hydroxyl groups is 1. The maximum Gasteiger partial charge on any atom is 0.272 e. The molecule has 1 amide bonds. The number of aromatic nitrogens is 1. The van der Waals surface area contributed by atoms with E-state index in [1.807, 2.05) is 13.0 Å². The fourth-order valence-electron chi connectivity index (χ4n) is 2.48. The Kier molecular flexibility index (Phi) is 3.82. The number of pyridine rings is 1. The van der Waals surface area contributed by atoms with Gasteiger partial charge in [-0.1, -0.05) is 6.92 Å². The smallest absolute Gasteiger partial charge is 0.272 e. The number of carbonyl (C=O) groups excluding carboxylic acids is 1. The van der Waals surface area contributed by atoms with Crippen LogP contribution >= 0.6 is 0 Å². The summed E-state index contributed by atoms with van der Waals surface area (Å²) < 4.78 is 0. The van der Waals surface area contributed by atoms with Crippen LogP contribution in [0.2, 0.25) is 0 Å². The maximum atomic E-state index is 12.4. The van der Waals surface area contributed by atoms with Crippen LogP contribution in [0.3, 0.4) is 0 Å². The molecule has 2 atom stereocenters. The first-order valence-electron chi connectivity index (χ1n) is 6.38. The maximum absolute atomic E-state index is 12.4. The summed E-state index contributed by atoms with van der Waals surface area (Å²) in [7, 11) is 0. The molecule has 1 aromatic rings. The Bertz CT molecular complexity index is 536. The molecule has 19 heavy (non-hydrogen) atoms. The van der Waals surface area contributed by atoms with E-state index in [0.29, 0.717) is 29.4 Å². The molecule has 0 aliphatic carbocycles. The van der Waals surface area contributed by atoms with E-state index in [0.717, 1.165) is 6.42 Å². The molecule has 5 heteroatoms. The predicted molar refractivity (Wildman–Crippen MR) is 69.4 cm³/mol. The first kappa shape index (κ1) is 13.5. The minimum Gasteiger partial charge on any atom is -0.394 e. The minimum atomic E-state index is -0.170. The van der Waals surface area contributed by atoms with Crippen molar-refractivity contribution >= 4 is 5.91 Å². The lowest BCUT2D eigenvalue weighted by Gasteiger charge is -2.25. The fraction of sp³-hybridized carbons (Fsp3) is 0.500. The van der Waals surface area contributed by atoms with Crippen molar-refractivity contribution in [3.63, 3.8) is 0 Å². The lowest BCUT2D eigenvalue weighted by molar-refractivity contribution is 0.0642. The van der Waals surface area contributed by atoms with E-state index in [2.05, 4.69) is 4.98 Å². The van der Waals surface area contributed by atoms with Gasteiger partial charge in [0.25, 0.3) is 5.91 Å². The van der Waals surface area contributed by atoms with Crippen LogP contribution in [0.1, 0.15) is 35.1 Å². The van der Waals surface area contributed by atoms with Crippen molar-refractivity contribution in [3.8, 4) is 6.07 Å². The molecular formula is C14H17N3O2. The molecule has 1 N–H and O–H groups in total. The average molecular weight is 259 g/mol. The highest BCUT2D eigenvalue weighted by Gasteiger charge is 2.34. The molecular weight excluding hydrogens is 242 g/mol. The first-order chi connectivity index (χ1) is 9.08. The van der Waals surface area contributed by atoms with Crippen molar-refractivity contribution < 1.29 is 9.90 Å². The van der Waals surface area contributed by atoms with Crippen LogP contribution < -0.4 is 0 Å². The zero-order valence-electron chi connectivity index (χ0n) is 11.1. The van der Waals surface area contributed by atoms with Crippen LogP contribution in [0.5, 0.6) is 0 Å². The summed E-state index contributed by atoms with van der Waals surface area (Å²) >= 11 is 0. The summed E-state index contributed by atoms with van der Waals surface area (Å²) in [5.41, 5.74) is 1.37. The SMILES string of the molecule is Cc1nc(C(=O)N2CCC(C)C2CO)ccc1C#N. The van der Waals surface area contributed by atoms with Crippen LogP contribution in [0.4, 0.5) is 0 Å². The summed E-state index contributed by atoms with van der Waals surface area (Å²) in [6.45, 7) is 4.37. The zero-order chi connectivity index (χ0) is 14.0. The lowest BCUT2D eigenvalue weighted by atomic mass is 10.0. The molecule has 2 unspecified atom stereocenters. The van der Waals surface area contributed by atoms with Gasteiger partial charge in [-0.05, 0) is 31.4 Å². The third kappa shape index (κ3) is 2.45. The Morgan fingerprint density at radius 3 is 2.95 bits per heavy atom. The third-order valence-corrected chi connectivity index (χ3v) is 3.76. The molecule has 0 radical (unpaired) electrons. The molecule has 1 saturated heterocycles.